The fourth-order valence-corrected chi connectivity index (χ4v) is 7.69. The molecule has 0 aliphatic carbocycles. The Labute approximate surface area is 217 Å². The van der Waals surface area contributed by atoms with Crippen molar-refractivity contribution in [3.05, 3.63) is 58.7 Å². The molecule has 220 valence electrons. The van der Waals surface area contributed by atoms with E-state index in [0.717, 1.165) is 11.1 Å². The largest absolute Gasteiger partial charge is 0.460 e. The summed E-state index contributed by atoms with van der Waals surface area (Å²) in [5, 5.41) is 0.794. The van der Waals surface area contributed by atoms with Crippen LogP contribution in [0.5, 0.6) is 0 Å². The van der Waals surface area contributed by atoms with Gasteiger partial charge in [-0.1, -0.05) is 53.3 Å². The Morgan fingerprint density at radius 1 is 0.513 bits per heavy atom. The summed E-state index contributed by atoms with van der Waals surface area (Å²) in [6.45, 7) is 8.23. The van der Waals surface area contributed by atoms with Gasteiger partial charge in [-0.15, -0.1) is 0 Å². The fourth-order valence-electron chi connectivity index (χ4n) is 3.99. The van der Waals surface area contributed by atoms with Crippen molar-refractivity contribution in [1.29, 1.82) is 0 Å². The van der Waals surface area contributed by atoms with Gasteiger partial charge in [-0.3, -0.25) is 0 Å². The predicted molar refractivity (Wildman–Crippen MR) is 123 cm³/mol. The molecule has 0 unspecified atom stereocenters. The molecule has 0 N–H and O–H groups in total. The Kier molecular flexibility index (Phi) is 8.44. The minimum absolute atomic E-state index is 0.397. The van der Waals surface area contributed by atoms with Crippen molar-refractivity contribution in [2.75, 3.05) is 0 Å². The number of alkyl halides is 13. The van der Waals surface area contributed by atoms with Gasteiger partial charge in [0.1, 0.15) is 8.07 Å². The fraction of sp³-hybridized carbons (Fsp3) is 0.520. The first-order valence-electron chi connectivity index (χ1n) is 11.4. The van der Waals surface area contributed by atoms with Crippen molar-refractivity contribution in [3.8, 4) is 0 Å². The van der Waals surface area contributed by atoms with Crippen LogP contribution in [0.2, 0.25) is 12.6 Å². The van der Waals surface area contributed by atoms with Gasteiger partial charge >= 0.3 is 35.8 Å². The number of hydrogen-bond acceptors (Lipinski definition) is 0. The maximum atomic E-state index is 14.7. The maximum Gasteiger partial charge on any atom is 0.460 e. The second kappa shape index (κ2) is 9.98. The van der Waals surface area contributed by atoms with Gasteiger partial charge in [0.15, 0.2) is 0 Å². The van der Waals surface area contributed by atoms with Crippen LogP contribution >= 0.6 is 0 Å². The van der Waals surface area contributed by atoms with E-state index >= 15 is 0 Å². The van der Waals surface area contributed by atoms with Crippen molar-refractivity contribution in [2.45, 2.75) is 82.5 Å². The third-order valence-corrected chi connectivity index (χ3v) is 11.6. The van der Waals surface area contributed by atoms with Crippen molar-refractivity contribution in [3.63, 3.8) is 0 Å². The molecule has 0 amide bonds. The van der Waals surface area contributed by atoms with E-state index in [1.807, 2.05) is 0 Å². The van der Waals surface area contributed by atoms with Crippen LogP contribution in [-0.4, -0.2) is 43.9 Å². The standard InChI is InChI=1S/C25H25F13Si/c1-14-6-8-18(12-16(14)3)39(5,19-9-7-15(2)17(4)13-19)11-10-20(26,27)21(28,29)22(30,31)23(32,33)24(34,35)25(36,37)38/h6-9,12-13H,10-11H2,1-5H3. The SMILES string of the molecule is Cc1ccc([Si](C)(CCC(F)(F)C(F)(F)C(F)(F)C(F)(F)C(F)(F)C(F)(F)F)c2ccc(C)c(C)c2)cc1C. The molecule has 0 heterocycles. The monoisotopic (exact) mass is 600 g/mol. The smallest absolute Gasteiger partial charge is 0.200 e. The molecule has 0 radical (unpaired) electrons. The Morgan fingerprint density at radius 2 is 0.872 bits per heavy atom. The summed E-state index contributed by atoms with van der Waals surface area (Å²) in [5.74, 6) is -36.8. The van der Waals surface area contributed by atoms with Gasteiger partial charge in [0, 0.05) is 6.42 Å². The first-order valence-corrected chi connectivity index (χ1v) is 14.1. The van der Waals surface area contributed by atoms with Gasteiger partial charge in [-0.2, -0.15) is 57.1 Å². The average Bonchev–Trinajstić information content (AvgIpc) is 2.79. The van der Waals surface area contributed by atoms with Crippen LogP contribution < -0.4 is 10.4 Å². The van der Waals surface area contributed by atoms with E-state index in [0.29, 0.717) is 21.5 Å². The molecule has 0 saturated heterocycles. The number of hydrogen-bond donors (Lipinski definition) is 0. The Balaban J connectivity index is 2.60. The Morgan fingerprint density at radius 3 is 1.21 bits per heavy atom. The lowest BCUT2D eigenvalue weighted by molar-refractivity contribution is -0.439. The zero-order valence-electron chi connectivity index (χ0n) is 21.3. The molecule has 0 fully saturated rings. The molecule has 0 aliphatic heterocycles. The quantitative estimate of drug-likeness (QED) is 0.201. The summed E-state index contributed by atoms with van der Waals surface area (Å²) in [6, 6.07) is 8.46. The minimum atomic E-state index is -7.89. The van der Waals surface area contributed by atoms with E-state index in [4.69, 9.17) is 0 Å². The topological polar surface area (TPSA) is 0 Å². The van der Waals surface area contributed by atoms with Gasteiger partial charge < -0.3 is 0 Å². The van der Waals surface area contributed by atoms with Crippen molar-refractivity contribution < 1.29 is 57.1 Å². The number of halogens is 13. The highest BCUT2D eigenvalue weighted by Gasteiger charge is 2.90. The summed E-state index contributed by atoms with van der Waals surface area (Å²) in [4.78, 5) is 0. The highest BCUT2D eigenvalue weighted by molar-refractivity contribution is 7.01. The zero-order chi connectivity index (χ0) is 30.6. The van der Waals surface area contributed by atoms with E-state index in [1.54, 1.807) is 52.0 Å². The molecule has 0 saturated carbocycles. The van der Waals surface area contributed by atoms with Gasteiger partial charge in [-0.25, -0.2) is 0 Å². The average molecular weight is 601 g/mol. The van der Waals surface area contributed by atoms with Gasteiger partial charge in [-0.05, 0) is 56.0 Å². The second-order valence-electron chi connectivity index (χ2n) is 9.93. The lowest BCUT2D eigenvalue weighted by atomic mass is 9.93. The molecular formula is C25H25F13Si. The lowest BCUT2D eigenvalue weighted by Crippen LogP contribution is -2.70. The summed E-state index contributed by atoms with van der Waals surface area (Å²) in [7, 11) is -3.54. The van der Waals surface area contributed by atoms with E-state index in [-0.39, 0.29) is 0 Å². The van der Waals surface area contributed by atoms with Gasteiger partial charge in [0.05, 0.1) is 0 Å². The molecule has 14 heteroatoms. The Hall–Kier alpha value is -2.25. The van der Waals surface area contributed by atoms with Crippen molar-refractivity contribution in [1.82, 2.24) is 0 Å². The molecule has 0 spiro atoms. The Bertz CT molecular complexity index is 1150. The molecule has 0 aromatic heterocycles. The van der Waals surface area contributed by atoms with Crippen LogP contribution in [0.15, 0.2) is 36.4 Å². The minimum Gasteiger partial charge on any atom is -0.200 e. The molecule has 2 aromatic carbocycles. The predicted octanol–water partition coefficient (Wildman–Crippen LogP) is 8.24. The third kappa shape index (κ3) is 5.29. The highest BCUT2D eigenvalue weighted by atomic mass is 28.3. The van der Waals surface area contributed by atoms with Crippen LogP contribution in [0, 0.1) is 27.7 Å². The first-order chi connectivity index (χ1) is 17.3. The zero-order valence-corrected chi connectivity index (χ0v) is 22.3. The van der Waals surface area contributed by atoms with Crippen LogP contribution in [0.4, 0.5) is 57.1 Å². The third-order valence-electron chi connectivity index (χ3n) is 7.23. The van der Waals surface area contributed by atoms with Crippen molar-refractivity contribution >= 4 is 18.4 Å². The molecule has 39 heavy (non-hydrogen) atoms. The molecule has 0 nitrogen and oxygen atoms in total. The normalized spacial score (nSPS) is 14.6. The van der Waals surface area contributed by atoms with Gasteiger partial charge in [0.2, 0.25) is 0 Å². The molecular weight excluding hydrogens is 575 g/mol. The lowest BCUT2D eigenvalue weighted by Gasteiger charge is -2.40. The number of aryl methyl sites for hydroxylation is 4. The molecule has 0 atom stereocenters. The molecule has 0 bridgehead atoms. The summed E-state index contributed by atoms with van der Waals surface area (Å²) in [5.41, 5.74) is 2.90. The van der Waals surface area contributed by atoms with E-state index in [2.05, 4.69) is 0 Å². The summed E-state index contributed by atoms with van der Waals surface area (Å²) in [6.07, 6.45) is -9.63. The maximum absolute atomic E-state index is 14.7. The molecule has 2 rings (SSSR count). The first kappa shape index (κ1) is 33.0. The van der Waals surface area contributed by atoms with Crippen LogP contribution in [0.3, 0.4) is 0 Å². The van der Waals surface area contributed by atoms with Gasteiger partial charge in [0.25, 0.3) is 0 Å². The van der Waals surface area contributed by atoms with E-state index in [1.165, 1.54) is 18.7 Å². The van der Waals surface area contributed by atoms with Crippen LogP contribution in [0.1, 0.15) is 28.7 Å². The molecule has 0 aliphatic rings. The number of rotatable bonds is 9. The summed E-state index contributed by atoms with van der Waals surface area (Å²) >= 11 is 0. The van der Waals surface area contributed by atoms with E-state index in [9.17, 15) is 57.1 Å². The second-order valence-corrected chi connectivity index (χ2v) is 14.2. The van der Waals surface area contributed by atoms with Crippen LogP contribution in [0.25, 0.3) is 0 Å². The van der Waals surface area contributed by atoms with Crippen molar-refractivity contribution in [2.24, 2.45) is 0 Å². The summed E-state index contributed by atoms with van der Waals surface area (Å²) < 4.78 is 177. The van der Waals surface area contributed by atoms with Crippen LogP contribution in [-0.2, 0) is 0 Å². The number of benzene rings is 2. The highest BCUT2D eigenvalue weighted by Crippen LogP contribution is 2.60. The van der Waals surface area contributed by atoms with E-state index < -0.39 is 56.3 Å². The molecule has 2 aromatic rings.